The van der Waals surface area contributed by atoms with E-state index in [9.17, 15) is 14.4 Å². The van der Waals surface area contributed by atoms with Crippen molar-refractivity contribution in [2.75, 3.05) is 11.9 Å². The minimum atomic E-state index is -0.361. The Morgan fingerprint density at radius 1 is 1.18 bits per heavy atom. The van der Waals surface area contributed by atoms with Crippen LogP contribution in [0.5, 0.6) is 0 Å². The number of rotatable bonds is 7. The molecule has 7 nitrogen and oxygen atoms in total. The van der Waals surface area contributed by atoms with Gasteiger partial charge in [0, 0.05) is 43.4 Å². The quantitative estimate of drug-likeness (QED) is 0.726. The number of nitrogens with one attached hydrogen (secondary N) is 1. The van der Waals surface area contributed by atoms with Gasteiger partial charge in [0.25, 0.3) is 0 Å². The number of primary amides is 1. The number of nitrogens with two attached hydrogens (primary N) is 1. The van der Waals surface area contributed by atoms with Crippen LogP contribution >= 0.6 is 11.3 Å². The minimum Gasteiger partial charge on any atom is -0.370 e. The summed E-state index contributed by atoms with van der Waals surface area (Å²) in [6.07, 6.45) is 10.4. The third kappa shape index (κ3) is 5.53. The molecule has 28 heavy (non-hydrogen) atoms. The maximum absolute atomic E-state index is 13.2. The molecule has 0 bridgehead atoms. The van der Waals surface area contributed by atoms with E-state index in [2.05, 4.69) is 10.3 Å². The van der Waals surface area contributed by atoms with Crippen LogP contribution in [-0.4, -0.2) is 40.2 Å². The Labute approximate surface area is 170 Å². The van der Waals surface area contributed by atoms with Crippen molar-refractivity contribution in [2.45, 2.75) is 76.7 Å². The first kappa shape index (κ1) is 20.8. The predicted octanol–water partition coefficient (Wildman–Crippen LogP) is 3.07. The zero-order valence-electron chi connectivity index (χ0n) is 16.3. The standard InChI is InChI=1S/C20H30N4O3S/c21-16(25)12-15-6-2-5-10-24(15)18(27)14-20(7-3-1-4-8-20)13-17(26)23-19-22-9-11-28-19/h9,11,15H,1-8,10,12-14H2,(H2,21,25)(H,22,23,26). The third-order valence-electron chi connectivity index (χ3n) is 6.04. The summed E-state index contributed by atoms with van der Waals surface area (Å²) in [5.41, 5.74) is 5.09. The molecule has 0 spiro atoms. The van der Waals surface area contributed by atoms with Gasteiger partial charge in [0.05, 0.1) is 0 Å². The molecule has 2 fully saturated rings. The SMILES string of the molecule is NC(=O)CC1CCCCN1C(=O)CC1(CC(=O)Nc2nccs2)CCCCC1. The first-order valence-corrected chi connectivity index (χ1v) is 11.1. The molecule has 1 unspecified atom stereocenters. The average molecular weight is 407 g/mol. The van der Waals surface area contributed by atoms with Crippen molar-refractivity contribution in [2.24, 2.45) is 11.1 Å². The van der Waals surface area contributed by atoms with Crippen molar-refractivity contribution in [1.82, 2.24) is 9.88 Å². The number of aromatic nitrogens is 1. The normalized spacial score (nSPS) is 21.9. The Morgan fingerprint density at radius 3 is 2.64 bits per heavy atom. The van der Waals surface area contributed by atoms with E-state index in [4.69, 9.17) is 5.73 Å². The molecule has 1 aliphatic carbocycles. The molecular formula is C20H30N4O3S. The lowest BCUT2D eigenvalue weighted by atomic mass is 9.69. The van der Waals surface area contributed by atoms with Gasteiger partial charge in [0.15, 0.2) is 5.13 Å². The van der Waals surface area contributed by atoms with Crippen molar-refractivity contribution in [3.05, 3.63) is 11.6 Å². The second-order valence-corrected chi connectivity index (χ2v) is 9.10. The van der Waals surface area contributed by atoms with E-state index in [0.29, 0.717) is 24.5 Å². The number of thiazole rings is 1. The molecule has 1 atom stereocenters. The van der Waals surface area contributed by atoms with Gasteiger partial charge < -0.3 is 16.0 Å². The van der Waals surface area contributed by atoms with Gasteiger partial charge in [-0.1, -0.05) is 19.3 Å². The summed E-state index contributed by atoms with van der Waals surface area (Å²) >= 11 is 1.39. The Kier molecular flexibility index (Phi) is 7.04. The highest BCUT2D eigenvalue weighted by Gasteiger charge is 2.39. The fourth-order valence-electron chi connectivity index (χ4n) is 4.70. The summed E-state index contributed by atoms with van der Waals surface area (Å²) in [7, 11) is 0. The monoisotopic (exact) mass is 406 g/mol. The lowest BCUT2D eigenvalue weighted by Gasteiger charge is -2.41. The van der Waals surface area contributed by atoms with Crippen LogP contribution in [0.2, 0.25) is 0 Å². The maximum Gasteiger partial charge on any atom is 0.226 e. The van der Waals surface area contributed by atoms with Crippen molar-refractivity contribution in [3.63, 3.8) is 0 Å². The zero-order valence-corrected chi connectivity index (χ0v) is 17.1. The molecule has 1 aliphatic heterocycles. The molecule has 0 aromatic carbocycles. The highest BCUT2D eigenvalue weighted by molar-refractivity contribution is 7.13. The number of carbonyl (C=O) groups excluding carboxylic acids is 3. The van der Waals surface area contributed by atoms with E-state index in [1.807, 2.05) is 10.3 Å². The molecule has 2 aliphatic rings. The Morgan fingerprint density at radius 2 is 1.96 bits per heavy atom. The molecular weight excluding hydrogens is 376 g/mol. The lowest BCUT2D eigenvalue weighted by Crippen LogP contribution is -2.47. The summed E-state index contributed by atoms with van der Waals surface area (Å²) in [4.78, 5) is 43.2. The van der Waals surface area contributed by atoms with Gasteiger partial charge in [-0.2, -0.15) is 0 Å². The predicted molar refractivity (Wildman–Crippen MR) is 109 cm³/mol. The number of hydrogen-bond acceptors (Lipinski definition) is 5. The Hall–Kier alpha value is -1.96. The van der Waals surface area contributed by atoms with Gasteiger partial charge >= 0.3 is 0 Å². The molecule has 3 N–H and O–H groups in total. The van der Waals surface area contributed by atoms with Crippen molar-refractivity contribution in [3.8, 4) is 0 Å². The summed E-state index contributed by atoms with van der Waals surface area (Å²) in [6.45, 7) is 0.679. The second kappa shape index (κ2) is 9.49. The molecule has 3 amide bonds. The molecule has 0 radical (unpaired) electrons. The first-order chi connectivity index (χ1) is 13.5. The molecule has 3 rings (SSSR count). The molecule has 2 heterocycles. The second-order valence-electron chi connectivity index (χ2n) is 8.21. The van der Waals surface area contributed by atoms with Crippen molar-refractivity contribution >= 4 is 34.2 Å². The van der Waals surface area contributed by atoms with Crippen molar-refractivity contribution in [1.29, 1.82) is 0 Å². The van der Waals surface area contributed by atoms with Gasteiger partial charge in [-0.05, 0) is 37.5 Å². The number of carbonyl (C=O) groups is 3. The van der Waals surface area contributed by atoms with Gasteiger partial charge in [0.1, 0.15) is 0 Å². The van der Waals surface area contributed by atoms with E-state index >= 15 is 0 Å². The maximum atomic E-state index is 13.2. The molecule has 8 heteroatoms. The van der Waals surface area contributed by atoms with Gasteiger partial charge in [-0.15, -0.1) is 11.3 Å². The first-order valence-electron chi connectivity index (χ1n) is 10.2. The summed E-state index contributed by atoms with van der Waals surface area (Å²) in [5, 5.41) is 5.29. The van der Waals surface area contributed by atoms with Crippen LogP contribution in [0, 0.1) is 5.41 Å². The summed E-state index contributed by atoms with van der Waals surface area (Å²) in [5.74, 6) is -0.369. The minimum absolute atomic E-state index is 0.0647. The number of likely N-dealkylation sites (tertiary alicyclic amines) is 1. The van der Waals surface area contributed by atoms with E-state index in [1.54, 1.807) is 6.20 Å². The number of amides is 3. The molecule has 1 saturated carbocycles. The molecule has 1 saturated heterocycles. The van der Waals surface area contributed by atoms with E-state index < -0.39 is 0 Å². The Bertz CT molecular complexity index is 686. The van der Waals surface area contributed by atoms with Gasteiger partial charge in [-0.25, -0.2) is 4.98 Å². The van der Waals surface area contributed by atoms with Gasteiger partial charge in [0.2, 0.25) is 17.7 Å². The van der Waals surface area contributed by atoms with Crippen LogP contribution in [0.25, 0.3) is 0 Å². The van der Waals surface area contributed by atoms with E-state index in [-0.39, 0.29) is 35.6 Å². The fraction of sp³-hybridized carbons (Fsp3) is 0.700. The molecule has 1 aromatic rings. The number of nitrogens with zero attached hydrogens (tertiary/aromatic N) is 2. The topological polar surface area (TPSA) is 105 Å². The zero-order chi connectivity index (χ0) is 20.0. The summed E-state index contributed by atoms with van der Waals surface area (Å²) < 4.78 is 0. The van der Waals surface area contributed by atoms with Crippen LogP contribution in [0.3, 0.4) is 0 Å². The van der Waals surface area contributed by atoms with Crippen LogP contribution < -0.4 is 11.1 Å². The average Bonchev–Trinajstić information content (AvgIpc) is 3.15. The van der Waals surface area contributed by atoms with Crippen LogP contribution in [0.15, 0.2) is 11.6 Å². The number of anilines is 1. The molecule has 154 valence electrons. The van der Waals surface area contributed by atoms with E-state index in [0.717, 1.165) is 51.4 Å². The third-order valence-corrected chi connectivity index (χ3v) is 6.73. The lowest BCUT2D eigenvalue weighted by molar-refractivity contribution is -0.139. The molecule has 1 aromatic heterocycles. The van der Waals surface area contributed by atoms with Crippen LogP contribution in [0.1, 0.15) is 70.6 Å². The van der Waals surface area contributed by atoms with Crippen molar-refractivity contribution < 1.29 is 14.4 Å². The summed E-state index contributed by atoms with van der Waals surface area (Å²) in [6, 6.07) is -0.0939. The van der Waals surface area contributed by atoms with E-state index in [1.165, 1.54) is 11.3 Å². The fourth-order valence-corrected chi connectivity index (χ4v) is 5.25. The van der Waals surface area contributed by atoms with Gasteiger partial charge in [-0.3, -0.25) is 14.4 Å². The van der Waals surface area contributed by atoms with Crippen LogP contribution in [-0.2, 0) is 14.4 Å². The smallest absolute Gasteiger partial charge is 0.226 e. The number of piperidine rings is 1. The van der Waals surface area contributed by atoms with Crippen LogP contribution in [0.4, 0.5) is 5.13 Å². The highest BCUT2D eigenvalue weighted by Crippen LogP contribution is 2.43. The Balaban J connectivity index is 1.67. The highest BCUT2D eigenvalue weighted by atomic mass is 32.1. The number of hydrogen-bond donors (Lipinski definition) is 2. The largest absolute Gasteiger partial charge is 0.370 e.